The first-order chi connectivity index (χ1) is 8.66. The summed E-state index contributed by atoms with van der Waals surface area (Å²) in [5.41, 5.74) is 4.08. The van der Waals surface area contributed by atoms with E-state index in [1.807, 2.05) is 24.3 Å². The Morgan fingerprint density at radius 2 is 2.00 bits per heavy atom. The summed E-state index contributed by atoms with van der Waals surface area (Å²) in [7, 11) is 0. The van der Waals surface area contributed by atoms with Gasteiger partial charge < -0.3 is 5.11 Å². The summed E-state index contributed by atoms with van der Waals surface area (Å²) < 4.78 is 4.57. The molecule has 1 N–H and O–H groups in total. The fraction of sp³-hybridized carbons (Fsp3) is 0.143. The summed E-state index contributed by atoms with van der Waals surface area (Å²) in [5.74, 6) is 1.32. The average Bonchev–Trinajstić information content (AvgIpc) is 2.72. The van der Waals surface area contributed by atoms with Crippen LogP contribution in [0.15, 0.2) is 52.4 Å². The Kier molecular flexibility index (Phi) is 2.81. The first kappa shape index (κ1) is 11.6. The largest absolute Gasteiger partial charge is 0.507 e. The van der Waals surface area contributed by atoms with Gasteiger partial charge in [-0.3, -0.25) is 3.11 Å². The third kappa shape index (κ3) is 1.80. The van der Waals surface area contributed by atoms with Crippen LogP contribution in [-0.2, 0) is 0 Å². The van der Waals surface area contributed by atoms with Crippen molar-refractivity contribution in [1.29, 1.82) is 0 Å². The van der Waals surface area contributed by atoms with E-state index in [4.69, 9.17) is 0 Å². The zero-order valence-corrected chi connectivity index (χ0v) is 12.3. The first-order valence-electron chi connectivity index (χ1n) is 5.70. The number of nitrogens with zero attached hydrogens (tertiary/aromatic N) is 2. The second kappa shape index (κ2) is 4.35. The molecule has 0 aromatic heterocycles. The lowest BCUT2D eigenvalue weighted by molar-refractivity contribution is 0.474. The smallest absolute Gasteiger partial charge is 0.145 e. The third-order valence-electron chi connectivity index (χ3n) is 2.91. The fourth-order valence-electron chi connectivity index (χ4n) is 1.98. The molecular weight excluding hydrogens is 339 g/mol. The summed E-state index contributed by atoms with van der Waals surface area (Å²) >= 11 is -0.101. The number of hydrogen-bond donors (Lipinski definition) is 1. The van der Waals surface area contributed by atoms with E-state index in [0.29, 0.717) is 0 Å². The van der Waals surface area contributed by atoms with Gasteiger partial charge in [0, 0.05) is 32.3 Å². The molecule has 18 heavy (non-hydrogen) atoms. The Hall–Kier alpha value is -1.43. The molecule has 0 atom stereocenters. The minimum Gasteiger partial charge on any atom is -0.507 e. The van der Waals surface area contributed by atoms with Crippen molar-refractivity contribution in [3.05, 3.63) is 53.0 Å². The Morgan fingerprint density at radius 3 is 2.78 bits per heavy atom. The molecule has 0 aliphatic carbocycles. The summed E-state index contributed by atoms with van der Waals surface area (Å²) in [5, 5.41) is 9.91. The normalized spacial score (nSPS) is 18.2. The predicted molar refractivity (Wildman–Crippen MR) is 83.0 cm³/mol. The maximum atomic E-state index is 9.91. The zero-order valence-electron chi connectivity index (χ0n) is 10.2. The number of para-hydroxylation sites is 1. The summed E-state index contributed by atoms with van der Waals surface area (Å²) in [6.45, 7) is 4.19. The lowest BCUT2D eigenvalue weighted by Crippen LogP contribution is -2.15. The molecule has 2 heterocycles. The predicted octanol–water partition coefficient (Wildman–Crippen LogP) is 3.33. The highest BCUT2D eigenvalue weighted by molar-refractivity contribution is 14.2. The van der Waals surface area contributed by atoms with Crippen LogP contribution in [0.1, 0.15) is 19.4 Å². The number of aromatic hydroxyl groups is 1. The molecule has 2 aliphatic heterocycles. The van der Waals surface area contributed by atoms with E-state index in [-0.39, 0.29) is 26.8 Å². The van der Waals surface area contributed by atoms with Crippen LogP contribution in [0.5, 0.6) is 5.75 Å². The van der Waals surface area contributed by atoms with Gasteiger partial charge in [0.1, 0.15) is 11.6 Å². The standard InChI is InChI=1S/C14H13IN2O/c1-9-8-15-17-10(2)7-12(16-14(9)17)11-5-3-4-6-13(11)18/h3-8,18H,1-2H3. The number of allylic oxidation sites excluding steroid dienone is 3. The molecule has 0 saturated carbocycles. The maximum Gasteiger partial charge on any atom is 0.145 e. The van der Waals surface area contributed by atoms with Crippen LogP contribution >= 0.6 is 21.0 Å². The van der Waals surface area contributed by atoms with Gasteiger partial charge in [0.25, 0.3) is 0 Å². The van der Waals surface area contributed by atoms with E-state index < -0.39 is 0 Å². The molecule has 3 nitrogen and oxygen atoms in total. The van der Waals surface area contributed by atoms with Gasteiger partial charge in [-0.2, -0.15) is 0 Å². The Morgan fingerprint density at radius 1 is 1.22 bits per heavy atom. The minimum atomic E-state index is -0.101. The maximum absolute atomic E-state index is 9.91. The van der Waals surface area contributed by atoms with Gasteiger partial charge in [-0.05, 0) is 41.6 Å². The molecular formula is C14H13IN2O. The lowest BCUT2D eigenvalue weighted by atomic mass is 10.1. The average molecular weight is 352 g/mol. The Balaban J connectivity index is 2.13. The van der Waals surface area contributed by atoms with Crippen molar-refractivity contribution in [3.63, 3.8) is 0 Å². The quantitative estimate of drug-likeness (QED) is 0.622. The van der Waals surface area contributed by atoms with E-state index >= 15 is 0 Å². The molecule has 0 radical (unpaired) electrons. The van der Waals surface area contributed by atoms with Gasteiger partial charge in [-0.25, -0.2) is 4.99 Å². The van der Waals surface area contributed by atoms with Crippen LogP contribution in [0.3, 0.4) is 0 Å². The van der Waals surface area contributed by atoms with Crippen molar-refractivity contribution >= 4 is 30.7 Å². The molecule has 0 fully saturated rings. The molecule has 92 valence electrons. The van der Waals surface area contributed by atoms with Gasteiger partial charge in [0.15, 0.2) is 0 Å². The monoisotopic (exact) mass is 352 g/mol. The Bertz CT molecular complexity index is 641. The molecule has 0 unspecified atom stereocenters. The highest BCUT2D eigenvalue weighted by Gasteiger charge is 2.22. The summed E-state index contributed by atoms with van der Waals surface area (Å²) in [6.07, 6.45) is 2.05. The molecule has 4 heteroatoms. The van der Waals surface area contributed by atoms with Gasteiger partial charge in [0.05, 0.1) is 5.71 Å². The summed E-state index contributed by atoms with van der Waals surface area (Å²) in [6, 6.07) is 7.34. The zero-order chi connectivity index (χ0) is 12.7. The van der Waals surface area contributed by atoms with E-state index in [1.54, 1.807) is 6.07 Å². The van der Waals surface area contributed by atoms with Gasteiger partial charge >= 0.3 is 0 Å². The first-order valence-corrected chi connectivity index (χ1v) is 7.91. The minimum absolute atomic E-state index is 0.101. The van der Waals surface area contributed by atoms with Gasteiger partial charge in [-0.15, -0.1) is 0 Å². The number of phenolic OH excluding ortho intramolecular Hbond substituents is 1. The molecule has 0 spiro atoms. The van der Waals surface area contributed by atoms with E-state index in [2.05, 4.69) is 26.0 Å². The molecule has 2 aliphatic rings. The number of halogens is 1. The number of fused-ring (bicyclic) bond motifs is 1. The van der Waals surface area contributed by atoms with Crippen molar-refractivity contribution in [1.82, 2.24) is 3.11 Å². The second-order valence-corrected chi connectivity index (χ2v) is 6.44. The molecule has 1 aromatic carbocycles. The van der Waals surface area contributed by atoms with Crippen molar-refractivity contribution in [2.75, 3.05) is 0 Å². The Labute approximate surface area is 116 Å². The molecule has 3 rings (SSSR count). The van der Waals surface area contributed by atoms with Crippen molar-refractivity contribution < 1.29 is 5.11 Å². The van der Waals surface area contributed by atoms with Crippen LogP contribution in [0.2, 0.25) is 0 Å². The van der Waals surface area contributed by atoms with Crippen LogP contribution in [0.4, 0.5) is 0 Å². The number of hydrogen-bond acceptors (Lipinski definition) is 3. The van der Waals surface area contributed by atoms with Crippen LogP contribution in [-0.4, -0.2) is 17.9 Å². The van der Waals surface area contributed by atoms with Crippen LogP contribution in [0.25, 0.3) is 0 Å². The molecule has 1 aromatic rings. The van der Waals surface area contributed by atoms with Gasteiger partial charge in [0.2, 0.25) is 0 Å². The van der Waals surface area contributed by atoms with Crippen LogP contribution < -0.4 is 0 Å². The fourth-order valence-corrected chi connectivity index (χ4v) is 4.28. The third-order valence-corrected chi connectivity index (χ3v) is 5.90. The van der Waals surface area contributed by atoms with Crippen LogP contribution in [0, 0.1) is 0 Å². The SMILES string of the molecule is CC1=CC(c2ccccc2O)=NC2=C(C)C=IN12. The number of rotatable bonds is 1. The number of aliphatic imine (C=N–C) groups is 1. The van der Waals surface area contributed by atoms with Crippen molar-refractivity contribution in [2.45, 2.75) is 13.8 Å². The second-order valence-electron chi connectivity index (χ2n) is 4.29. The van der Waals surface area contributed by atoms with E-state index in [1.165, 1.54) is 11.3 Å². The highest BCUT2D eigenvalue weighted by Crippen LogP contribution is 2.36. The summed E-state index contributed by atoms with van der Waals surface area (Å²) in [4.78, 5) is 4.69. The highest BCUT2D eigenvalue weighted by atomic mass is 127. The lowest BCUT2D eigenvalue weighted by Gasteiger charge is -2.23. The van der Waals surface area contributed by atoms with E-state index in [9.17, 15) is 5.11 Å². The topological polar surface area (TPSA) is 35.8 Å². The number of benzene rings is 1. The van der Waals surface area contributed by atoms with Crippen molar-refractivity contribution in [3.8, 4) is 5.75 Å². The molecule has 0 bridgehead atoms. The molecule has 0 saturated heterocycles. The molecule has 0 amide bonds. The van der Waals surface area contributed by atoms with E-state index in [0.717, 1.165) is 17.1 Å². The number of phenols is 1. The van der Waals surface area contributed by atoms with Gasteiger partial charge in [-0.1, -0.05) is 12.1 Å². The van der Waals surface area contributed by atoms with Crippen molar-refractivity contribution in [2.24, 2.45) is 4.99 Å².